The Bertz CT molecular complexity index is 975. The van der Waals surface area contributed by atoms with Gasteiger partial charge >= 0.3 is 0 Å². The third-order valence-electron chi connectivity index (χ3n) is 4.59. The fourth-order valence-corrected chi connectivity index (χ4v) is 5.08. The third-order valence-corrected chi connectivity index (χ3v) is 6.67. The molecule has 0 saturated carbocycles. The molecule has 4 rings (SSSR count). The van der Waals surface area contributed by atoms with Gasteiger partial charge in [0.15, 0.2) is 0 Å². The van der Waals surface area contributed by atoms with E-state index in [2.05, 4.69) is 22.4 Å². The number of aromatic nitrogens is 3. The number of fused-ring (bicyclic) bond motifs is 3. The van der Waals surface area contributed by atoms with Gasteiger partial charge in [-0.1, -0.05) is 29.6 Å². The topological polar surface area (TPSA) is 93.8 Å². The Morgan fingerprint density at radius 1 is 1.20 bits per heavy atom. The molecule has 1 aliphatic rings. The molecule has 0 fully saturated rings. The highest BCUT2D eigenvalue weighted by Gasteiger charge is 2.23. The zero-order chi connectivity index (χ0) is 17.6. The second-order valence-corrected chi connectivity index (χ2v) is 8.26. The normalized spacial score (nSPS) is 13.8. The van der Waals surface area contributed by atoms with E-state index in [4.69, 9.17) is 10.7 Å². The molecular formula is C17H19N5OS2. The molecule has 6 nitrogen and oxygen atoms in total. The number of rotatable bonds is 3. The average molecular weight is 374 g/mol. The molecule has 3 N–H and O–H groups in total. The Kier molecular flexibility index (Phi) is 4.16. The quantitative estimate of drug-likeness (QED) is 0.729. The van der Waals surface area contributed by atoms with Gasteiger partial charge < -0.3 is 11.1 Å². The van der Waals surface area contributed by atoms with Crippen LogP contribution in [0.1, 0.15) is 51.4 Å². The second kappa shape index (κ2) is 6.34. The van der Waals surface area contributed by atoms with Gasteiger partial charge in [-0.3, -0.25) is 4.79 Å². The number of hydrogen-bond acceptors (Lipinski definition) is 7. The Labute approximate surface area is 153 Å². The van der Waals surface area contributed by atoms with Crippen molar-refractivity contribution < 1.29 is 4.79 Å². The van der Waals surface area contributed by atoms with E-state index in [0.717, 1.165) is 40.2 Å². The summed E-state index contributed by atoms with van der Waals surface area (Å²) in [6.07, 6.45) is 5.23. The van der Waals surface area contributed by atoms with Gasteiger partial charge in [0.1, 0.15) is 14.8 Å². The summed E-state index contributed by atoms with van der Waals surface area (Å²) in [4.78, 5) is 18.1. The Balaban J connectivity index is 1.73. The number of nitrogens with zero attached hydrogens (tertiary/aromatic N) is 3. The molecule has 0 aliphatic heterocycles. The summed E-state index contributed by atoms with van der Waals surface area (Å²) >= 11 is 2.75. The van der Waals surface area contributed by atoms with E-state index < -0.39 is 0 Å². The van der Waals surface area contributed by atoms with Gasteiger partial charge in [-0.15, -0.1) is 10.2 Å². The number of nitrogens with one attached hydrogen (secondary N) is 1. The molecule has 3 aromatic heterocycles. The molecule has 0 bridgehead atoms. The first-order chi connectivity index (χ1) is 12.1. The van der Waals surface area contributed by atoms with Crippen LogP contribution < -0.4 is 11.1 Å². The summed E-state index contributed by atoms with van der Waals surface area (Å²) in [6.45, 7) is 4.05. The van der Waals surface area contributed by atoms with Crippen molar-refractivity contribution in [3.05, 3.63) is 26.8 Å². The fourth-order valence-electron chi connectivity index (χ4n) is 3.34. The van der Waals surface area contributed by atoms with Crippen LogP contribution in [-0.2, 0) is 19.3 Å². The van der Waals surface area contributed by atoms with Crippen molar-refractivity contribution in [2.75, 3.05) is 11.1 Å². The van der Waals surface area contributed by atoms with Crippen molar-refractivity contribution in [1.82, 2.24) is 15.2 Å². The van der Waals surface area contributed by atoms with E-state index in [0.29, 0.717) is 15.7 Å². The predicted molar refractivity (Wildman–Crippen MR) is 103 cm³/mol. The van der Waals surface area contributed by atoms with E-state index >= 15 is 0 Å². The first-order valence-electron chi connectivity index (χ1n) is 8.42. The number of amides is 1. The van der Waals surface area contributed by atoms with Gasteiger partial charge in [0.25, 0.3) is 5.91 Å². The summed E-state index contributed by atoms with van der Waals surface area (Å²) in [7, 11) is 0. The molecule has 3 heterocycles. The van der Waals surface area contributed by atoms with Crippen molar-refractivity contribution in [1.29, 1.82) is 0 Å². The molecule has 0 unspecified atom stereocenters. The van der Waals surface area contributed by atoms with Crippen LogP contribution in [0.2, 0.25) is 0 Å². The molecule has 0 atom stereocenters. The van der Waals surface area contributed by atoms with Crippen LogP contribution in [0.25, 0.3) is 10.2 Å². The zero-order valence-corrected chi connectivity index (χ0v) is 15.8. The maximum absolute atomic E-state index is 12.5. The molecule has 0 radical (unpaired) electrons. The van der Waals surface area contributed by atoms with Crippen molar-refractivity contribution >= 4 is 49.5 Å². The minimum absolute atomic E-state index is 0.263. The Morgan fingerprint density at radius 2 is 1.96 bits per heavy atom. The van der Waals surface area contributed by atoms with Crippen molar-refractivity contribution in [3.63, 3.8) is 0 Å². The zero-order valence-electron chi connectivity index (χ0n) is 14.2. The molecular weight excluding hydrogens is 354 g/mol. The lowest BCUT2D eigenvalue weighted by Gasteiger charge is -2.18. The van der Waals surface area contributed by atoms with E-state index in [1.807, 2.05) is 6.92 Å². The lowest BCUT2D eigenvalue weighted by Crippen LogP contribution is -2.12. The largest absolute Gasteiger partial charge is 0.396 e. The van der Waals surface area contributed by atoms with Crippen LogP contribution in [0.5, 0.6) is 0 Å². The van der Waals surface area contributed by atoms with Gasteiger partial charge in [-0.25, -0.2) is 4.98 Å². The number of nitrogen functional groups attached to an aromatic ring is 1. The molecule has 0 aromatic carbocycles. The predicted octanol–water partition coefficient (Wildman–Crippen LogP) is 3.73. The van der Waals surface area contributed by atoms with Crippen LogP contribution >= 0.6 is 22.7 Å². The molecule has 0 saturated heterocycles. The number of pyridine rings is 1. The number of anilines is 2. The molecule has 3 aromatic rings. The van der Waals surface area contributed by atoms with Crippen molar-refractivity contribution in [2.24, 2.45) is 0 Å². The second-order valence-electron chi connectivity index (χ2n) is 6.20. The molecule has 1 amide bonds. The fraction of sp³-hybridized carbons (Fsp3) is 0.412. The van der Waals surface area contributed by atoms with Gasteiger partial charge in [0.2, 0.25) is 5.01 Å². The molecule has 25 heavy (non-hydrogen) atoms. The highest BCUT2D eigenvalue weighted by Crippen LogP contribution is 2.42. The summed E-state index contributed by atoms with van der Waals surface area (Å²) in [5.74, 6) is -0.263. The van der Waals surface area contributed by atoms with E-state index in [1.54, 1.807) is 0 Å². The van der Waals surface area contributed by atoms with Crippen LogP contribution in [0.4, 0.5) is 10.7 Å². The molecule has 8 heteroatoms. The van der Waals surface area contributed by atoms with Gasteiger partial charge in [0, 0.05) is 11.1 Å². The molecule has 1 aliphatic carbocycles. The highest BCUT2D eigenvalue weighted by atomic mass is 32.1. The number of thiophene rings is 1. The van der Waals surface area contributed by atoms with Crippen LogP contribution in [-0.4, -0.2) is 21.1 Å². The number of aryl methyl sites for hydroxylation is 3. The van der Waals surface area contributed by atoms with Gasteiger partial charge in [-0.05, 0) is 50.2 Å². The lowest BCUT2D eigenvalue weighted by atomic mass is 9.89. The monoisotopic (exact) mass is 373 g/mol. The summed E-state index contributed by atoms with van der Waals surface area (Å²) in [6, 6.07) is 0. The lowest BCUT2D eigenvalue weighted by molar-refractivity contribution is 0.102. The molecule has 0 spiro atoms. The summed E-state index contributed by atoms with van der Waals surface area (Å²) in [5, 5.41) is 13.7. The van der Waals surface area contributed by atoms with Crippen LogP contribution in [0.15, 0.2) is 0 Å². The van der Waals surface area contributed by atoms with E-state index in [-0.39, 0.29) is 5.91 Å². The smallest absolute Gasteiger partial charge is 0.287 e. The third kappa shape index (κ3) is 2.79. The highest BCUT2D eigenvalue weighted by molar-refractivity contribution is 7.23. The summed E-state index contributed by atoms with van der Waals surface area (Å²) < 4.78 is 0. The van der Waals surface area contributed by atoms with E-state index in [1.165, 1.54) is 46.6 Å². The number of carbonyl (C=O) groups is 1. The van der Waals surface area contributed by atoms with Crippen LogP contribution in [0, 0.1) is 6.92 Å². The molecule has 130 valence electrons. The van der Waals surface area contributed by atoms with Gasteiger partial charge in [-0.2, -0.15) is 0 Å². The number of nitrogens with two attached hydrogens (primary N) is 1. The average Bonchev–Trinajstić information content (AvgIpc) is 3.21. The van der Waals surface area contributed by atoms with Gasteiger partial charge in [0.05, 0.1) is 5.69 Å². The first kappa shape index (κ1) is 16.4. The Hall–Kier alpha value is -2.06. The van der Waals surface area contributed by atoms with Crippen molar-refractivity contribution in [2.45, 2.75) is 46.0 Å². The SMILES string of the molecule is CCc1nnc(C(=O)Nc2sc3nc(C)c4c(c3c2N)CCCC4)s1. The van der Waals surface area contributed by atoms with Crippen LogP contribution in [0.3, 0.4) is 0 Å². The maximum atomic E-state index is 12.5. The van der Waals surface area contributed by atoms with Crippen molar-refractivity contribution in [3.8, 4) is 0 Å². The van der Waals surface area contributed by atoms with E-state index in [9.17, 15) is 4.79 Å². The number of hydrogen-bond donors (Lipinski definition) is 2. The minimum atomic E-state index is -0.263. The standard InChI is InChI=1S/C17H19N5OS2/c1-3-11-21-22-17(24-11)14(23)20-16-13(18)12-10-7-5-4-6-9(10)8(2)19-15(12)25-16/h3-7,18H2,1-2H3,(H,20,23). The maximum Gasteiger partial charge on any atom is 0.287 e. The minimum Gasteiger partial charge on any atom is -0.396 e. The first-order valence-corrected chi connectivity index (χ1v) is 10.1. The summed E-state index contributed by atoms with van der Waals surface area (Å²) in [5.41, 5.74) is 10.7. The Morgan fingerprint density at radius 3 is 2.68 bits per heavy atom. The number of carbonyl (C=O) groups excluding carboxylic acids is 1.